The largest absolute Gasteiger partial charge is 0.496 e. The molecule has 0 amide bonds. The zero-order chi connectivity index (χ0) is 15.4. The summed E-state index contributed by atoms with van der Waals surface area (Å²) in [4.78, 5) is 10.4. The fraction of sp³-hybridized carbons (Fsp3) is 0.200. The highest BCUT2D eigenvalue weighted by Gasteiger charge is 2.08. The maximum atomic E-state index is 10.8. The second-order valence-corrected chi connectivity index (χ2v) is 5.43. The van der Waals surface area contributed by atoms with Gasteiger partial charge in [-0.15, -0.1) is 0 Å². The van der Waals surface area contributed by atoms with Crippen LogP contribution >= 0.6 is 15.9 Å². The predicted octanol–water partition coefficient (Wildman–Crippen LogP) is 4.29. The van der Waals surface area contributed by atoms with Gasteiger partial charge in [0, 0.05) is 24.4 Å². The van der Waals surface area contributed by atoms with Crippen LogP contribution in [0.4, 0.5) is 11.4 Å². The lowest BCUT2D eigenvalue weighted by atomic mass is 10.1. The highest BCUT2D eigenvalue weighted by Crippen LogP contribution is 2.27. The van der Waals surface area contributed by atoms with Gasteiger partial charge in [0.15, 0.2) is 0 Å². The molecule has 0 unspecified atom stereocenters. The second kappa shape index (κ2) is 6.58. The second-order valence-electron chi connectivity index (χ2n) is 4.58. The first-order valence-electron chi connectivity index (χ1n) is 6.32. The highest BCUT2D eigenvalue weighted by molar-refractivity contribution is 9.10. The molecule has 0 saturated carbocycles. The summed E-state index contributed by atoms with van der Waals surface area (Å²) in [5.41, 5.74) is 2.86. The minimum atomic E-state index is -0.394. The number of nitrogens with zero attached hydrogens (tertiary/aromatic N) is 1. The number of aryl methyl sites for hydroxylation is 1. The van der Waals surface area contributed by atoms with Gasteiger partial charge in [0.2, 0.25) is 0 Å². The minimum Gasteiger partial charge on any atom is -0.496 e. The SMILES string of the molecule is COc1ccc(CNc2cc([N+](=O)[O-])ccc2C)cc1Br. The molecule has 2 rings (SSSR count). The molecular weight excluding hydrogens is 336 g/mol. The molecule has 1 N–H and O–H groups in total. The third-order valence-corrected chi connectivity index (χ3v) is 3.75. The molecule has 0 radical (unpaired) electrons. The monoisotopic (exact) mass is 350 g/mol. The minimum absolute atomic E-state index is 0.0824. The van der Waals surface area contributed by atoms with Crippen molar-refractivity contribution in [3.63, 3.8) is 0 Å². The Morgan fingerprint density at radius 2 is 2.05 bits per heavy atom. The van der Waals surface area contributed by atoms with Crippen molar-refractivity contribution in [3.8, 4) is 5.75 Å². The van der Waals surface area contributed by atoms with Crippen LogP contribution in [0.15, 0.2) is 40.9 Å². The molecule has 5 nitrogen and oxygen atoms in total. The molecule has 0 bridgehead atoms. The topological polar surface area (TPSA) is 64.4 Å². The van der Waals surface area contributed by atoms with Gasteiger partial charge in [0.25, 0.3) is 5.69 Å². The maximum Gasteiger partial charge on any atom is 0.271 e. The Morgan fingerprint density at radius 1 is 1.29 bits per heavy atom. The van der Waals surface area contributed by atoms with E-state index in [1.54, 1.807) is 19.2 Å². The summed E-state index contributed by atoms with van der Waals surface area (Å²) in [7, 11) is 1.62. The molecular formula is C15H15BrN2O3. The van der Waals surface area contributed by atoms with Gasteiger partial charge in [-0.1, -0.05) is 12.1 Å². The average Bonchev–Trinajstić information content (AvgIpc) is 2.46. The number of nitrogens with one attached hydrogen (secondary N) is 1. The number of hydrogen-bond donors (Lipinski definition) is 1. The van der Waals surface area contributed by atoms with Crippen LogP contribution in [-0.2, 0) is 6.54 Å². The van der Waals surface area contributed by atoms with Crippen molar-refractivity contribution in [2.75, 3.05) is 12.4 Å². The van der Waals surface area contributed by atoms with Crippen molar-refractivity contribution in [2.24, 2.45) is 0 Å². The Kier molecular flexibility index (Phi) is 4.80. The van der Waals surface area contributed by atoms with Crippen molar-refractivity contribution in [2.45, 2.75) is 13.5 Å². The smallest absolute Gasteiger partial charge is 0.271 e. The Morgan fingerprint density at radius 3 is 2.67 bits per heavy atom. The van der Waals surface area contributed by atoms with E-state index in [1.165, 1.54) is 6.07 Å². The van der Waals surface area contributed by atoms with E-state index in [-0.39, 0.29) is 5.69 Å². The van der Waals surface area contributed by atoms with Crippen molar-refractivity contribution in [1.29, 1.82) is 0 Å². The normalized spacial score (nSPS) is 10.2. The third kappa shape index (κ3) is 3.72. The fourth-order valence-corrected chi connectivity index (χ4v) is 2.52. The number of anilines is 1. The van der Waals surface area contributed by atoms with Gasteiger partial charge in [-0.05, 0) is 46.1 Å². The zero-order valence-corrected chi connectivity index (χ0v) is 13.3. The Bertz CT molecular complexity index is 674. The first kappa shape index (κ1) is 15.3. The van der Waals surface area contributed by atoms with E-state index in [2.05, 4.69) is 21.2 Å². The third-order valence-electron chi connectivity index (χ3n) is 3.13. The van der Waals surface area contributed by atoms with Gasteiger partial charge in [-0.25, -0.2) is 0 Å². The van der Waals surface area contributed by atoms with Crippen LogP contribution in [0.5, 0.6) is 5.75 Å². The first-order chi connectivity index (χ1) is 10.0. The van der Waals surface area contributed by atoms with E-state index < -0.39 is 4.92 Å². The molecule has 21 heavy (non-hydrogen) atoms. The molecule has 0 atom stereocenters. The number of rotatable bonds is 5. The summed E-state index contributed by atoms with van der Waals surface area (Å²) in [5.74, 6) is 0.769. The average molecular weight is 351 g/mol. The lowest BCUT2D eigenvalue weighted by Crippen LogP contribution is -2.02. The van der Waals surface area contributed by atoms with Gasteiger partial charge < -0.3 is 10.1 Å². The van der Waals surface area contributed by atoms with Crippen molar-refractivity contribution >= 4 is 27.3 Å². The standard InChI is InChI=1S/C15H15BrN2O3/c1-10-3-5-12(18(19)20)8-14(10)17-9-11-4-6-15(21-2)13(16)7-11/h3-8,17H,9H2,1-2H3. The van der Waals surface area contributed by atoms with Gasteiger partial charge >= 0.3 is 0 Å². The van der Waals surface area contributed by atoms with E-state index in [0.29, 0.717) is 6.54 Å². The molecule has 110 valence electrons. The number of nitro groups is 1. The van der Waals surface area contributed by atoms with E-state index in [1.807, 2.05) is 25.1 Å². The van der Waals surface area contributed by atoms with Crippen LogP contribution < -0.4 is 10.1 Å². The lowest BCUT2D eigenvalue weighted by molar-refractivity contribution is -0.384. The number of non-ortho nitro benzene ring substituents is 1. The molecule has 0 spiro atoms. The highest BCUT2D eigenvalue weighted by atomic mass is 79.9. The van der Waals surface area contributed by atoms with E-state index in [4.69, 9.17) is 4.74 Å². The van der Waals surface area contributed by atoms with E-state index >= 15 is 0 Å². The molecule has 0 aliphatic rings. The Hall–Kier alpha value is -2.08. The van der Waals surface area contributed by atoms with E-state index in [9.17, 15) is 10.1 Å². The van der Waals surface area contributed by atoms with Crippen LogP contribution in [0.1, 0.15) is 11.1 Å². The van der Waals surface area contributed by atoms with Gasteiger partial charge in [0.1, 0.15) is 5.75 Å². The van der Waals surface area contributed by atoms with Crippen LogP contribution in [0.2, 0.25) is 0 Å². The lowest BCUT2D eigenvalue weighted by Gasteiger charge is -2.11. The molecule has 0 saturated heterocycles. The molecule has 2 aromatic rings. The summed E-state index contributed by atoms with van der Waals surface area (Å²) in [5, 5.41) is 14.0. The number of halogens is 1. The number of ether oxygens (including phenoxy) is 1. The maximum absolute atomic E-state index is 10.8. The van der Waals surface area contributed by atoms with Crippen LogP contribution in [0.25, 0.3) is 0 Å². The predicted molar refractivity (Wildman–Crippen MR) is 85.9 cm³/mol. The van der Waals surface area contributed by atoms with Crippen molar-refractivity contribution < 1.29 is 9.66 Å². The van der Waals surface area contributed by atoms with E-state index in [0.717, 1.165) is 27.0 Å². The number of nitro benzene ring substituents is 1. The van der Waals surface area contributed by atoms with Crippen LogP contribution in [0.3, 0.4) is 0 Å². The summed E-state index contributed by atoms with van der Waals surface area (Å²) in [6, 6.07) is 10.6. The summed E-state index contributed by atoms with van der Waals surface area (Å²) in [6.07, 6.45) is 0. The molecule has 6 heteroatoms. The van der Waals surface area contributed by atoms with Gasteiger partial charge in [-0.2, -0.15) is 0 Å². The Labute approximate surface area is 131 Å². The molecule has 0 aliphatic heterocycles. The van der Waals surface area contributed by atoms with Crippen molar-refractivity contribution in [1.82, 2.24) is 0 Å². The van der Waals surface area contributed by atoms with Crippen molar-refractivity contribution in [3.05, 3.63) is 62.1 Å². The van der Waals surface area contributed by atoms with Gasteiger partial charge in [-0.3, -0.25) is 10.1 Å². The summed E-state index contributed by atoms with van der Waals surface area (Å²) in [6.45, 7) is 2.49. The quantitative estimate of drug-likeness (QED) is 0.645. The van der Waals surface area contributed by atoms with Gasteiger partial charge in [0.05, 0.1) is 16.5 Å². The van der Waals surface area contributed by atoms with Crippen LogP contribution in [-0.4, -0.2) is 12.0 Å². The number of methoxy groups -OCH3 is 1. The first-order valence-corrected chi connectivity index (χ1v) is 7.12. The Balaban J connectivity index is 2.14. The summed E-state index contributed by atoms with van der Waals surface area (Å²) < 4.78 is 6.06. The number of benzene rings is 2. The fourth-order valence-electron chi connectivity index (χ4n) is 1.93. The molecule has 0 heterocycles. The molecule has 2 aromatic carbocycles. The molecule has 0 aliphatic carbocycles. The zero-order valence-electron chi connectivity index (χ0n) is 11.7. The molecule has 0 fully saturated rings. The number of hydrogen-bond acceptors (Lipinski definition) is 4. The molecule has 0 aromatic heterocycles. The summed E-state index contributed by atoms with van der Waals surface area (Å²) >= 11 is 3.44. The van der Waals surface area contributed by atoms with Crippen LogP contribution in [0, 0.1) is 17.0 Å².